The average molecular weight is 277 g/mol. The molecule has 104 valence electrons. The Morgan fingerprint density at radius 2 is 2.37 bits per heavy atom. The van der Waals surface area contributed by atoms with Crippen molar-refractivity contribution in [2.24, 2.45) is 5.92 Å². The molecular weight excluding hydrogens is 254 g/mol. The molecule has 19 heavy (non-hydrogen) atoms. The minimum Gasteiger partial charge on any atom is -0.298 e. The first-order chi connectivity index (χ1) is 9.30. The summed E-state index contributed by atoms with van der Waals surface area (Å²) in [5.74, 6) is 1.51. The van der Waals surface area contributed by atoms with Gasteiger partial charge in [0.25, 0.3) is 0 Å². The SMILES string of the molecule is CCCC(CS)CN(CCC#N)Cc1cccnc1. The van der Waals surface area contributed by atoms with Gasteiger partial charge in [0.15, 0.2) is 0 Å². The van der Waals surface area contributed by atoms with Gasteiger partial charge in [0.2, 0.25) is 0 Å². The number of nitrogens with zero attached hydrogens (tertiary/aromatic N) is 3. The van der Waals surface area contributed by atoms with Crippen LogP contribution in [0, 0.1) is 17.2 Å². The number of hydrogen-bond donors (Lipinski definition) is 1. The zero-order chi connectivity index (χ0) is 13.9. The van der Waals surface area contributed by atoms with Gasteiger partial charge >= 0.3 is 0 Å². The van der Waals surface area contributed by atoms with Crippen LogP contribution >= 0.6 is 12.6 Å². The molecular formula is C15H23N3S. The summed E-state index contributed by atoms with van der Waals surface area (Å²) in [6.07, 6.45) is 6.64. The molecule has 1 aromatic heterocycles. The standard InChI is InChI=1S/C15H23N3S/c1-2-5-15(13-19)12-18(9-4-7-16)11-14-6-3-8-17-10-14/h3,6,8,10,15,19H,2,4-5,9,11-13H2,1H3. The molecule has 4 heteroatoms. The molecule has 0 amide bonds. The van der Waals surface area contributed by atoms with E-state index in [9.17, 15) is 0 Å². The van der Waals surface area contributed by atoms with Crippen LogP contribution in [0.2, 0.25) is 0 Å². The van der Waals surface area contributed by atoms with Crippen LogP contribution in [0.5, 0.6) is 0 Å². The van der Waals surface area contributed by atoms with Gasteiger partial charge in [-0.15, -0.1) is 0 Å². The molecule has 1 unspecified atom stereocenters. The van der Waals surface area contributed by atoms with Crippen molar-refractivity contribution in [3.8, 4) is 6.07 Å². The Morgan fingerprint density at radius 1 is 1.53 bits per heavy atom. The number of nitriles is 1. The lowest BCUT2D eigenvalue weighted by molar-refractivity contribution is 0.230. The number of thiol groups is 1. The summed E-state index contributed by atoms with van der Waals surface area (Å²) in [6.45, 7) is 4.90. The quantitative estimate of drug-likeness (QED) is 0.705. The number of aromatic nitrogens is 1. The van der Waals surface area contributed by atoms with E-state index >= 15 is 0 Å². The molecule has 0 fully saturated rings. The first kappa shape index (κ1) is 16.0. The van der Waals surface area contributed by atoms with Crippen LogP contribution in [0.3, 0.4) is 0 Å². The van der Waals surface area contributed by atoms with Gasteiger partial charge in [-0.3, -0.25) is 9.88 Å². The Morgan fingerprint density at radius 3 is 2.95 bits per heavy atom. The van der Waals surface area contributed by atoms with E-state index in [0.29, 0.717) is 12.3 Å². The summed E-state index contributed by atoms with van der Waals surface area (Å²) in [7, 11) is 0. The zero-order valence-electron chi connectivity index (χ0n) is 11.6. The Labute approximate surface area is 122 Å². The van der Waals surface area contributed by atoms with Gasteiger partial charge in [0.05, 0.1) is 6.07 Å². The summed E-state index contributed by atoms with van der Waals surface area (Å²) in [5.41, 5.74) is 1.20. The van der Waals surface area contributed by atoms with Crippen molar-refractivity contribution in [1.29, 1.82) is 5.26 Å². The lowest BCUT2D eigenvalue weighted by Gasteiger charge is -2.26. The van der Waals surface area contributed by atoms with Gasteiger partial charge < -0.3 is 0 Å². The highest BCUT2D eigenvalue weighted by Crippen LogP contribution is 2.13. The van der Waals surface area contributed by atoms with Crippen LogP contribution in [0.4, 0.5) is 0 Å². The molecule has 1 aromatic rings. The van der Waals surface area contributed by atoms with E-state index in [2.05, 4.69) is 41.6 Å². The molecule has 3 nitrogen and oxygen atoms in total. The Bertz CT molecular complexity index is 375. The van der Waals surface area contributed by atoms with Crippen molar-refractivity contribution in [2.75, 3.05) is 18.8 Å². The first-order valence-corrected chi connectivity index (χ1v) is 7.52. The second-order valence-electron chi connectivity index (χ2n) is 4.84. The van der Waals surface area contributed by atoms with E-state index in [0.717, 1.165) is 25.4 Å². The van der Waals surface area contributed by atoms with Crippen LogP contribution in [-0.4, -0.2) is 28.7 Å². The van der Waals surface area contributed by atoms with Crippen molar-refractivity contribution in [1.82, 2.24) is 9.88 Å². The van der Waals surface area contributed by atoms with E-state index in [-0.39, 0.29) is 0 Å². The fourth-order valence-electron chi connectivity index (χ4n) is 2.21. The Kier molecular flexibility index (Phi) is 8.28. The van der Waals surface area contributed by atoms with Gasteiger partial charge in [-0.2, -0.15) is 17.9 Å². The third-order valence-electron chi connectivity index (χ3n) is 3.14. The van der Waals surface area contributed by atoms with E-state index in [1.54, 1.807) is 6.20 Å². The van der Waals surface area contributed by atoms with Gasteiger partial charge in [0, 0.05) is 38.4 Å². The van der Waals surface area contributed by atoms with Crippen molar-refractivity contribution in [3.05, 3.63) is 30.1 Å². The van der Waals surface area contributed by atoms with Gasteiger partial charge in [-0.05, 0) is 29.7 Å². The second-order valence-corrected chi connectivity index (χ2v) is 5.21. The molecule has 0 aliphatic rings. The molecule has 0 aliphatic carbocycles. The first-order valence-electron chi connectivity index (χ1n) is 6.89. The minimum atomic E-state index is 0.575. The lowest BCUT2D eigenvalue weighted by atomic mass is 10.0. The van der Waals surface area contributed by atoms with E-state index < -0.39 is 0 Å². The zero-order valence-corrected chi connectivity index (χ0v) is 12.5. The van der Waals surface area contributed by atoms with Crippen molar-refractivity contribution < 1.29 is 0 Å². The summed E-state index contributed by atoms with van der Waals surface area (Å²) < 4.78 is 0. The number of pyridine rings is 1. The van der Waals surface area contributed by atoms with Crippen LogP contribution in [0.15, 0.2) is 24.5 Å². The third kappa shape index (κ3) is 6.60. The normalized spacial score (nSPS) is 12.3. The van der Waals surface area contributed by atoms with Crippen molar-refractivity contribution >= 4 is 12.6 Å². The smallest absolute Gasteiger partial charge is 0.0635 e. The van der Waals surface area contributed by atoms with Gasteiger partial charge in [-0.25, -0.2) is 0 Å². The van der Waals surface area contributed by atoms with E-state index in [1.165, 1.54) is 18.4 Å². The summed E-state index contributed by atoms with van der Waals surface area (Å²) in [6, 6.07) is 6.27. The minimum absolute atomic E-state index is 0.575. The molecule has 0 saturated carbocycles. The highest BCUT2D eigenvalue weighted by atomic mass is 32.1. The summed E-state index contributed by atoms with van der Waals surface area (Å²) in [4.78, 5) is 6.49. The summed E-state index contributed by atoms with van der Waals surface area (Å²) >= 11 is 4.44. The third-order valence-corrected chi connectivity index (χ3v) is 3.66. The maximum atomic E-state index is 8.77. The average Bonchev–Trinajstić information content (AvgIpc) is 2.45. The monoisotopic (exact) mass is 277 g/mol. The maximum absolute atomic E-state index is 8.77. The molecule has 0 N–H and O–H groups in total. The second kappa shape index (κ2) is 9.82. The highest BCUT2D eigenvalue weighted by Gasteiger charge is 2.13. The Balaban J connectivity index is 2.58. The molecule has 1 atom stereocenters. The summed E-state index contributed by atoms with van der Waals surface area (Å²) in [5, 5.41) is 8.77. The lowest BCUT2D eigenvalue weighted by Crippen LogP contribution is -2.31. The largest absolute Gasteiger partial charge is 0.298 e. The molecule has 1 rings (SSSR count). The molecule has 1 heterocycles. The molecule has 0 aromatic carbocycles. The van der Waals surface area contributed by atoms with Crippen LogP contribution in [0.1, 0.15) is 31.7 Å². The van der Waals surface area contributed by atoms with E-state index in [4.69, 9.17) is 5.26 Å². The molecule has 0 saturated heterocycles. The fraction of sp³-hybridized carbons (Fsp3) is 0.600. The van der Waals surface area contributed by atoms with Crippen molar-refractivity contribution in [2.45, 2.75) is 32.7 Å². The Hall–Kier alpha value is -1.05. The predicted octanol–water partition coefficient (Wildman–Crippen LogP) is 3.14. The van der Waals surface area contributed by atoms with Crippen LogP contribution in [-0.2, 0) is 6.54 Å². The fourth-order valence-corrected chi connectivity index (χ4v) is 2.50. The topological polar surface area (TPSA) is 39.9 Å². The van der Waals surface area contributed by atoms with Crippen LogP contribution < -0.4 is 0 Å². The highest BCUT2D eigenvalue weighted by molar-refractivity contribution is 7.80. The molecule has 0 aliphatic heterocycles. The molecule has 0 bridgehead atoms. The molecule has 0 radical (unpaired) electrons. The number of rotatable bonds is 9. The maximum Gasteiger partial charge on any atom is 0.0635 e. The van der Waals surface area contributed by atoms with Crippen molar-refractivity contribution in [3.63, 3.8) is 0 Å². The number of hydrogen-bond acceptors (Lipinski definition) is 4. The predicted molar refractivity (Wildman–Crippen MR) is 82.0 cm³/mol. The van der Waals surface area contributed by atoms with Gasteiger partial charge in [0.1, 0.15) is 0 Å². The molecule has 0 spiro atoms. The van der Waals surface area contributed by atoms with Crippen LogP contribution in [0.25, 0.3) is 0 Å². The van der Waals surface area contributed by atoms with E-state index in [1.807, 2.05) is 12.3 Å². The van der Waals surface area contributed by atoms with Gasteiger partial charge in [-0.1, -0.05) is 19.4 Å².